The zero-order valence-corrected chi connectivity index (χ0v) is 10.2. The first-order valence-corrected chi connectivity index (χ1v) is 6.28. The van der Waals surface area contributed by atoms with Crippen LogP contribution in [-0.4, -0.2) is 4.98 Å². The van der Waals surface area contributed by atoms with Gasteiger partial charge in [-0.05, 0) is 42.1 Å². The fourth-order valence-electron chi connectivity index (χ4n) is 1.66. The number of aromatic nitrogens is 1. The Morgan fingerprint density at radius 3 is 2.82 bits per heavy atom. The van der Waals surface area contributed by atoms with E-state index in [9.17, 15) is 0 Å². The van der Waals surface area contributed by atoms with Gasteiger partial charge >= 0.3 is 0 Å². The summed E-state index contributed by atoms with van der Waals surface area (Å²) in [6, 6.07) is 9.89. The van der Waals surface area contributed by atoms with E-state index in [1.54, 1.807) is 11.3 Å². The van der Waals surface area contributed by atoms with Gasteiger partial charge in [0.15, 0.2) is 5.58 Å². The van der Waals surface area contributed by atoms with Crippen LogP contribution in [0.25, 0.3) is 23.3 Å². The fourth-order valence-corrected chi connectivity index (χ4v) is 2.48. The van der Waals surface area contributed by atoms with E-state index in [2.05, 4.69) is 23.4 Å². The Bertz CT molecular complexity index is 645. The summed E-state index contributed by atoms with van der Waals surface area (Å²) in [5.74, 6) is 0.652. The SMILES string of the molecule is Cc1ccsc1/C=C/c1nc2ccccc2o1. The lowest BCUT2D eigenvalue weighted by Gasteiger charge is -1.87. The predicted octanol–water partition coefficient (Wildman–Crippen LogP) is 4.37. The smallest absolute Gasteiger partial charge is 0.220 e. The molecule has 17 heavy (non-hydrogen) atoms. The van der Waals surface area contributed by atoms with Crippen LogP contribution in [0, 0.1) is 6.92 Å². The van der Waals surface area contributed by atoms with Gasteiger partial charge in [-0.3, -0.25) is 0 Å². The number of oxazole rings is 1. The predicted molar refractivity (Wildman–Crippen MR) is 72.0 cm³/mol. The van der Waals surface area contributed by atoms with E-state index >= 15 is 0 Å². The highest BCUT2D eigenvalue weighted by Crippen LogP contribution is 2.20. The molecule has 0 spiro atoms. The molecule has 0 N–H and O–H groups in total. The van der Waals surface area contributed by atoms with Crippen LogP contribution >= 0.6 is 11.3 Å². The fraction of sp³-hybridized carbons (Fsp3) is 0.0714. The van der Waals surface area contributed by atoms with Crippen LogP contribution in [0.4, 0.5) is 0 Å². The quantitative estimate of drug-likeness (QED) is 0.666. The summed E-state index contributed by atoms with van der Waals surface area (Å²) in [5.41, 5.74) is 3.01. The Morgan fingerprint density at radius 2 is 2.06 bits per heavy atom. The van der Waals surface area contributed by atoms with Crippen LogP contribution in [0.15, 0.2) is 40.1 Å². The van der Waals surface area contributed by atoms with Crippen molar-refractivity contribution in [3.8, 4) is 0 Å². The maximum Gasteiger partial charge on any atom is 0.220 e. The Morgan fingerprint density at radius 1 is 1.18 bits per heavy atom. The molecule has 0 unspecified atom stereocenters. The molecule has 0 saturated carbocycles. The topological polar surface area (TPSA) is 26.0 Å². The van der Waals surface area contributed by atoms with Gasteiger partial charge in [-0.15, -0.1) is 11.3 Å². The minimum Gasteiger partial charge on any atom is -0.437 e. The molecule has 0 aliphatic heterocycles. The van der Waals surface area contributed by atoms with Crippen LogP contribution in [0.1, 0.15) is 16.3 Å². The number of thiophene rings is 1. The Hall–Kier alpha value is -1.87. The third-order valence-electron chi connectivity index (χ3n) is 2.59. The zero-order valence-electron chi connectivity index (χ0n) is 9.38. The summed E-state index contributed by atoms with van der Waals surface area (Å²) in [6.45, 7) is 2.10. The standard InChI is InChI=1S/C14H11NOS/c1-10-8-9-17-13(10)6-7-14-15-11-4-2-3-5-12(11)16-14/h2-9H,1H3/b7-6+. The number of aryl methyl sites for hydroxylation is 1. The van der Waals surface area contributed by atoms with Crippen LogP contribution in [0.3, 0.4) is 0 Å². The Kier molecular flexibility index (Phi) is 2.53. The molecule has 1 aromatic carbocycles. The number of benzene rings is 1. The van der Waals surface area contributed by atoms with Gasteiger partial charge in [0.05, 0.1) is 0 Å². The average Bonchev–Trinajstić information content (AvgIpc) is 2.92. The van der Waals surface area contributed by atoms with Crippen molar-refractivity contribution in [3.63, 3.8) is 0 Å². The molecule has 3 rings (SSSR count). The molecule has 84 valence electrons. The van der Waals surface area contributed by atoms with Crippen molar-refractivity contribution in [1.82, 2.24) is 4.98 Å². The van der Waals surface area contributed by atoms with Gasteiger partial charge in [0.1, 0.15) is 5.52 Å². The maximum absolute atomic E-state index is 5.61. The minimum atomic E-state index is 0.652. The van der Waals surface area contributed by atoms with E-state index < -0.39 is 0 Å². The van der Waals surface area contributed by atoms with Gasteiger partial charge in [0.2, 0.25) is 5.89 Å². The van der Waals surface area contributed by atoms with Crippen LogP contribution in [0.2, 0.25) is 0 Å². The highest BCUT2D eigenvalue weighted by molar-refractivity contribution is 7.11. The lowest BCUT2D eigenvalue weighted by Crippen LogP contribution is -1.70. The third kappa shape index (κ3) is 2.01. The summed E-state index contributed by atoms with van der Waals surface area (Å²) >= 11 is 1.72. The molecule has 0 radical (unpaired) electrons. The summed E-state index contributed by atoms with van der Waals surface area (Å²) in [5, 5.41) is 2.08. The second-order valence-electron chi connectivity index (χ2n) is 3.82. The highest BCUT2D eigenvalue weighted by atomic mass is 32.1. The van der Waals surface area contributed by atoms with Crippen molar-refractivity contribution in [1.29, 1.82) is 0 Å². The van der Waals surface area contributed by atoms with E-state index in [1.807, 2.05) is 36.4 Å². The van der Waals surface area contributed by atoms with E-state index in [0.717, 1.165) is 11.1 Å². The Labute approximate surface area is 103 Å². The second-order valence-corrected chi connectivity index (χ2v) is 4.77. The molecule has 0 aliphatic carbocycles. The summed E-state index contributed by atoms with van der Waals surface area (Å²) in [6.07, 6.45) is 3.96. The molecule has 0 aliphatic rings. The van der Waals surface area contributed by atoms with Crippen LogP contribution < -0.4 is 0 Å². The minimum absolute atomic E-state index is 0.652. The van der Waals surface area contributed by atoms with Gasteiger partial charge in [-0.1, -0.05) is 12.1 Å². The molecule has 3 heteroatoms. The molecule has 0 atom stereocenters. The molecule has 2 aromatic heterocycles. The first-order valence-electron chi connectivity index (χ1n) is 5.41. The number of hydrogen-bond acceptors (Lipinski definition) is 3. The van der Waals surface area contributed by atoms with Crippen molar-refractivity contribution >= 4 is 34.6 Å². The molecule has 2 heterocycles. The number of fused-ring (bicyclic) bond motifs is 1. The van der Waals surface area contributed by atoms with Crippen LogP contribution in [-0.2, 0) is 0 Å². The number of hydrogen-bond donors (Lipinski definition) is 0. The molecule has 0 saturated heterocycles. The van der Waals surface area contributed by atoms with E-state index in [4.69, 9.17) is 4.42 Å². The molecule has 0 bridgehead atoms. The van der Waals surface area contributed by atoms with Crippen molar-refractivity contribution in [2.24, 2.45) is 0 Å². The van der Waals surface area contributed by atoms with Gasteiger partial charge in [-0.25, -0.2) is 4.98 Å². The Balaban J connectivity index is 1.95. The lowest BCUT2D eigenvalue weighted by atomic mass is 10.3. The van der Waals surface area contributed by atoms with E-state index in [1.165, 1.54) is 10.4 Å². The lowest BCUT2D eigenvalue weighted by molar-refractivity contribution is 0.590. The van der Waals surface area contributed by atoms with Crippen molar-refractivity contribution in [2.75, 3.05) is 0 Å². The molecule has 0 amide bonds. The molecular formula is C14H11NOS. The molecule has 0 fully saturated rings. The first kappa shape index (κ1) is 10.3. The number of rotatable bonds is 2. The summed E-state index contributed by atoms with van der Waals surface area (Å²) < 4.78 is 5.61. The zero-order chi connectivity index (χ0) is 11.7. The average molecular weight is 241 g/mol. The van der Waals surface area contributed by atoms with Crippen molar-refractivity contribution < 1.29 is 4.42 Å². The molecular weight excluding hydrogens is 230 g/mol. The number of para-hydroxylation sites is 2. The van der Waals surface area contributed by atoms with Gasteiger partial charge in [0.25, 0.3) is 0 Å². The van der Waals surface area contributed by atoms with Crippen molar-refractivity contribution in [3.05, 3.63) is 52.0 Å². The van der Waals surface area contributed by atoms with E-state index in [-0.39, 0.29) is 0 Å². The molecule has 2 nitrogen and oxygen atoms in total. The maximum atomic E-state index is 5.61. The van der Waals surface area contributed by atoms with Crippen molar-refractivity contribution in [2.45, 2.75) is 6.92 Å². The molecule has 3 aromatic rings. The largest absolute Gasteiger partial charge is 0.437 e. The summed E-state index contributed by atoms with van der Waals surface area (Å²) in [7, 11) is 0. The number of nitrogens with zero attached hydrogens (tertiary/aromatic N) is 1. The van der Waals surface area contributed by atoms with Gasteiger partial charge in [0, 0.05) is 11.0 Å². The van der Waals surface area contributed by atoms with Gasteiger partial charge < -0.3 is 4.42 Å². The second kappa shape index (κ2) is 4.18. The van der Waals surface area contributed by atoms with E-state index in [0.29, 0.717) is 5.89 Å². The first-order chi connectivity index (χ1) is 8.33. The summed E-state index contributed by atoms with van der Waals surface area (Å²) in [4.78, 5) is 5.64. The van der Waals surface area contributed by atoms with Gasteiger partial charge in [-0.2, -0.15) is 0 Å². The highest BCUT2D eigenvalue weighted by Gasteiger charge is 2.01. The third-order valence-corrected chi connectivity index (χ3v) is 3.57. The normalized spacial score (nSPS) is 11.6. The monoisotopic (exact) mass is 241 g/mol. The van der Waals surface area contributed by atoms with Crippen LogP contribution in [0.5, 0.6) is 0 Å².